The predicted octanol–water partition coefficient (Wildman–Crippen LogP) is 2.82. The highest BCUT2D eigenvalue weighted by molar-refractivity contribution is 9.09. The maximum atomic E-state index is 11.6. The second-order valence-corrected chi connectivity index (χ2v) is 5.15. The van der Waals surface area contributed by atoms with Gasteiger partial charge in [0.2, 0.25) is 5.91 Å². The van der Waals surface area contributed by atoms with Gasteiger partial charge in [0, 0.05) is 17.8 Å². The summed E-state index contributed by atoms with van der Waals surface area (Å²) in [5, 5.41) is 3.99. The third kappa shape index (κ3) is 5.63. The zero-order valence-electron chi connectivity index (χ0n) is 9.64. The van der Waals surface area contributed by atoms with Crippen LogP contribution in [-0.2, 0) is 4.79 Å². The molecule has 0 saturated heterocycles. The van der Waals surface area contributed by atoms with E-state index in [4.69, 9.17) is 0 Å². The Bertz CT molecular complexity index is 171. The predicted molar refractivity (Wildman–Crippen MR) is 64.6 cm³/mol. The van der Waals surface area contributed by atoms with Crippen molar-refractivity contribution in [2.24, 2.45) is 17.8 Å². The Labute approximate surface area is 96.0 Å². The maximum Gasteiger partial charge on any atom is 0.223 e. The van der Waals surface area contributed by atoms with E-state index in [1.165, 1.54) is 0 Å². The zero-order chi connectivity index (χ0) is 11.1. The van der Waals surface area contributed by atoms with Gasteiger partial charge in [-0.2, -0.15) is 0 Å². The van der Waals surface area contributed by atoms with E-state index < -0.39 is 0 Å². The zero-order valence-corrected chi connectivity index (χ0v) is 11.2. The van der Waals surface area contributed by atoms with Crippen molar-refractivity contribution in [1.29, 1.82) is 0 Å². The van der Waals surface area contributed by atoms with Gasteiger partial charge in [0.15, 0.2) is 0 Å². The van der Waals surface area contributed by atoms with E-state index in [9.17, 15) is 4.79 Å². The van der Waals surface area contributed by atoms with Crippen LogP contribution in [-0.4, -0.2) is 17.8 Å². The monoisotopic (exact) mass is 263 g/mol. The van der Waals surface area contributed by atoms with E-state index in [1.807, 2.05) is 6.92 Å². The number of carbonyl (C=O) groups excluding carboxylic acids is 1. The molecule has 2 atom stereocenters. The Morgan fingerprint density at radius 2 is 1.86 bits per heavy atom. The van der Waals surface area contributed by atoms with Crippen LogP contribution in [0.15, 0.2) is 0 Å². The first-order valence-corrected chi connectivity index (χ1v) is 6.44. The summed E-state index contributed by atoms with van der Waals surface area (Å²) >= 11 is 3.40. The molecule has 1 amide bonds. The van der Waals surface area contributed by atoms with E-state index in [2.05, 4.69) is 42.0 Å². The summed E-state index contributed by atoms with van der Waals surface area (Å²) in [6.45, 7) is 9.08. The smallest absolute Gasteiger partial charge is 0.223 e. The van der Waals surface area contributed by atoms with Crippen molar-refractivity contribution >= 4 is 21.8 Å². The SMILES string of the molecule is CC(CCBr)CNC(=O)C(C)C(C)C. The molecule has 0 fully saturated rings. The average molecular weight is 264 g/mol. The number of rotatable bonds is 6. The summed E-state index contributed by atoms with van der Waals surface area (Å²) in [5.41, 5.74) is 0. The van der Waals surface area contributed by atoms with Crippen LogP contribution in [0.4, 0.5) is 0 Å². The molecule has 0 aromatic carbocycles. The van der Waals surface area contributed by atoms with Gasteiger partial charge >= 0.3 is 0 Å². The molecule has 0 aromatic rings. The molecular weight excluding hydrogens is 242 g/mol. The maximum absolute atomic E-state index is 11.6. The Balaban J connectivity index is 3.73. The van der Waals surface area contributed by atoms with E-state index in [1.54, 1.807) is 0 Å². The van der Waals surface area contributed by atoms with E-state index in [-0.39, 0.29) is 11.8 Å². The topological polar surface area (TPSA) is 29.1 Å². The number of nitrogens with one attached hydrogen (secondary N) is 1. The van der Waals surface area contributed by atoms with Gasteiger partial charge in [0.1, 0.15) is 0 Å². The lowest BCUT2D eigenvalue weighted by atomic mass is 9.97. The first-order chi connectivity index (χ1) is 6.49. The quantitative estimate of drug-likeness (QED) is 0.734. The van der Waals surface area contributed by atoms with Crippen LogP contribution in [0.2, 0.25) is 0 Å². The van der Waals surface area contributed by atoms with E-state index in [0.717, 1.165) is 18.3 Å². The standard InChI is InChI=1S/C11H22BrNO/c1-8(2)10(4)11(14)13-7-9(3)5-6-12/h8-10H,5-7H2,1-4H3,(H,13,14). The van der Waals surface area contributed by atoms with Gasteiger partial charge in [0.05, 0.1) is 0 Å². The van der Waals surface area contributed by atoms with Crippen molar-refractivity contribution in [2.45, 2.75) is 34.1 Å². The molecular formula is C11H22BrNO. The van der Waals surface area contributed by atoms with E-state index >= 15 is 0 Å². The molecule has 0 spiro atoms. The summed E-state index contributed by atoms with van der Waals surface area (Å²) < 4.78 is 0. The van der Waals surface area contributed by atoms with Gasteiger partial charge in [-0.25, -0.2) is 0 Å². The minimum absolute atomic E-state index is 0.117. The lowest BCUT2D eigenvalue weighted by molar-refractivity contribution is -0.125. The molecule has 0 saturated carbocycles. The molecule has 84 valence electrons. The van der Waals surface area contributed by atoms with Crippen molar-refractivity contribution in [1.82, 2.24) is 5.32 Å². The van der Waals surface area contributed by atoms with Gasteiger partial charge in [-0.3, -0.25) is 4.79 Å². The molecule has 0 aliphatic carbocycles. The van der Waals surface area contributed by atoms with Crippen LogP contribution in [0.1, 0.15) is 34.1 Å². The van der Waals surface area contributed by atoms with Crippen LogP contribution in [0.25, 0.3) is 0 Å². The molecule has 0 aliphatic rings. The van der Waals surface area contributed by atoms with Crippen LogP contribution < -0.4 is 5.32 Å². The highest BCUT2D eigenvalue weighted by atomic mass is 79.9. The molecule has 0 radical (unpaired) electrons. The Morgan fingerprint density at radius 1 is 1.29 bits per heavy atom. The first-order valence-electron chi connectivity index (χ1n) is 5.32. The van der Waals surface area contributed by atoms with Crippen LogP contribution in [0.3, 0.4) is 0 Å². The van der Waals surface area contributed by atoms with Gasteiger partial charge in [0.25, 0.3) is 0 Å². The summed E-state index contributed by atoms with van der Waals surface area (Å²) in [5.74, 6) is 1.27. The highest BCUT2D eigenvalue weighted by Crippen LogP contribution is 2.10. The molecule has 0 bridgehead atoms. The van der Waals surface area contributed by atoms with Gasteiger partial charge in [-0.05, 0) is 18.3 Å². The molecule has 1 N–H and O–H groups in total. The lowest BCUT2D eigenvalue weighted by Gasteiger charge is -2.17. The first kappa shape index (κ1) is 13.9. The summed E-state index contributed by atoms with van der Waals surface area (Å²) in [6.07, 6.45) is 1.11. The fourth-order valence-corrected chi connectivity index (χ4v) is 1.81. The molecule has 2 nitrogen and oxygen atoms in total. The second-order valence-electron chi connectivity index (χ2n) is 4.36. The summed E-state index contributed by atoms with van der Waals surface area (Å²) in [7, 11) is 0. The number of hydrogen-bond donors (Lipinski definition) is 1. The van der Waals surface area contributed by atoms with Crippen LogP contribution in [0, 0.1) is 17.8 Å². The molecule has 0 heterocycles. The Hall–Kier alpha value is -0.0500. The number of amides is 1. The Kier molecular flexibility index (Phi) is 7.24. The lowest BCUT2D eigenvalue weighted by Crippen LogP contribution is -2.34. The molecule has 0 rings (SSSR count). The molecule has 0 aromatic heterocycles. The second kappa shape index (κ2) is 7.27. The highest BCUT2D eigenvalue weighted by Gasteiger charge is 2.16. The van der Waals surface area contributed by atoms with Gasteiger partial charge < -0.3 is 5.32 Å². The fraction of sp³-hybridized carbons (Fsp3) is 0.909. The number of hydrogen-bond acceptors (Lipinski definition) is 1. The van der Waals surface area contributed by atoms with Crippen molar-refractivity contribution < 1.29 is 4.79 Å². The fourth-order valence-electron chi connectivity index (χ4n) is 1.03. The molecule has 3 heteroatoms. The minimum Gasteiger partial charge on any atom is -0.356 e. The molecule has 14 heavy (non-hydrogen) atoms. The largest absolute Gasteiger partial charge is 0.356 e. The third-order valence-corrected chi connectivity index (χ3v) is 3.10. The van der Waals surface area contributed by atoms with Gasteiger partial charge in [-0.1, -0.05) is 43.6 Å². The van der Waals surface area contributed by atoms with Crippen molar-refractivity contribution in [3.63, 3.8) is 0 Å². The van der Waals surface area contributed by atoms with Crippen LogP contribution in [0.5, 0.6) is 0 Å². The number of halogens is 1. The normalized spacial score (nSPS) is 15.3. The minimum atomic E-state index is 0.117. The Morgan fingerprint density at radius 3 is 2.29 bits per heavy atom. The summed E-state index contributed by atoms with van der Waals surface area (Å²) in [4.78, 5) is 11.6. The van der Waals surface area contributed by atoms with Crippen LogP contribution >= 0.6 is 15.9 Å². The summed E-state index contributed by atoms with van der Waals surface area (Å²) in [6, 6.07) is 0. The van der Waals surface area contributed by atoms with Gasteiger partial charge in [-0.15, -0.1) is 0 Å². The van der Waals surface area contributed by atoms with Crippen molar-refractivity contribution in [3.8, 4) is 0 Å². The molecule has 0 aliphatic heterocycles. The average Bonchev–Trinajstić information content (AvgIpc) is 2.13. The number of alkyl halides is 1. The van der Waals surface area contributed by atoms with E-state index in [0.29, 0.717) is 11.8 Å². The van der Waals surface area contributed by atoms with Crippen molar-refractivity contribution in [3.05, 3.63) is 0 Å². The molecule has 2 unspecified atom stereocenters. The number of carbonyl (C=O) groups is 1. The van der Waals surface area contributed by atoms with Crippen molar-refractivity contribution in [2.75, 3.05) is 11.9 Å². The third-order valence-electron chi connectivity index (χ3n) is 2.64.